The Hall–Kier alpha value is -1.28. The molecule has 0 heterocycles. The minimum absolute atomic E-state index is 0.00361. The first kappa shape index (κ1) is 21.0. The van der Waals surface area contributed by atoms with E-state index in [1.807, 2.05) is 0 Å². The van der Waals surface area contributed by atoms with Crippen molar-refractivity contribution < 1.29 is 31.4 Å². The van der Waals surface area contributed by atoms with Gasteiger partial charge in [-0.1, -0.05) is 38.0 Å². The monoisotopic (exact) mass is 383 g/mol. The zero-order valence-corrected chi connectivity index (χ0v) is 14.4. The number of alkyl halides is 6. The predicted molar refractivity (Wildman–Crippen MR) is 85.0 cm³/mol. The quantitative estimate of drug-likeness (QED) is 0.557. The maximum Gasteiger partial charge on any atom is 0.428 e. The van der Waals surface area contributed by atoms with Crippen LogP contribution in [0.3, 0.4) is 0 Å². The lowest BCUT2D eigenvalue weighted by Gasteiger charge is -2.35. The van der Waals surface area contributed by atoms with Crippen molar-refractivity contribution >= 4 is 0 Å². The maximum absolute atomic E-state index is 13.0. The number of hydrogen-bond donors (Lipinski definition) is 1. The molecule has 0 radical (unpaired) electrons. The third kappa shape index (κ3) is 5.87. The summed E-state index contributed by atoms with van der Waals surface area (Å²) in [7, 11) is 0. The molecule has 1 unspecified atom stereocenters. The molecule has 0 aromatic heterocycles. The van der Waals surface area contributed by atoms with Crippen LogP contribution in [-0.2, 0) is 12.7 Å². The second-order valence-corrected chi connectivity index (χ2v) is 7.17. The highest BCUT2D eigenvalue weighted by Crippen LogP contribution is 2.33. The van der Waals surface area contributed by atoms with Crippen LogP contribution in [-0.4, -0.2) is 29.0 Å². The van der Waals surface area contributed by atoms with Crippen molar-refractivity contribution in [2.45, 2.75) is 57.7 Å². The summed E-state index contributed by atoms with van der Waals surface area (Å²) < 4.78 is 77.5. The fraction of sp³-hybridized carbons (Fsp3) is 0.667. The first-order chi connectivity index (χ1) is 12.0. The van der Waals surface area contributed by atoms with Crippen LogP contribution >= 0.6 is 0 Å². The second kappa shape index (κ2) is 8.17. The molecular formula is C18H23F6NO. The van der Waals surface area contributed by atoms with E-state index in [1.165, 1.54) is 12.1 Å². The molecule has 1 aliphatic carbocycles. The largest absolute Gasteiger partial charge is 0.428 e. The van der Waals surface area contributed by atoms with E-state index in [4.69, 9.17) is 0 Å². The van der Waals surface area contributed by atoms with E-state index < -0.39 is 30.7 Å². The van der Waals surface area contributed by atoms with Crippen molar-refractivity contribution in [3.63, 3.8) is 0 Å². The predicted octanol–water partition coefficient (Wildman–Crippen LogP) is 5.21. The lowest BCUT2D eigenvalue weighted by molar-refractivity contribution is -0.253. The third-order valence-electron chi connectivity index (χ3n) is 4.91. The van der Waals surface area contributed by atoms with Crippen molar-refractivity contribution in [2.75, 3.05) is 6.54 Å². The molecule has 0 amide bonds. The van der Waals surface area contributed by atoms with Gasteiger partial charge in [0.05, 0.1) is 5.56 Å². The summed E-state index contributed by atoms with van der Waals surface area (Å²) >= 11 is 0. The highest BCUT2D eigenvalue weighted by atomic mass is 19.4. The number of aliphatic hydroxyl groups excluding tert-OH is 1. The Kier molecular flexibility index (Phi) is 6.60. The van der Waals surface area contributed by atoms with Crippen LogP contribution in [0, 0.1) is 11.8 Å². The summed E-state index contributed by atoms with van der Waals surface area (Å²) in [5.74, 6) is 0.518. The highest BCUT2D eigenvalue weighted by molar-refractivity contribution is 5.25. The van der Waals surface area contributed by atoms with Gasteiger partial charge in [0.2, 0.25) is 6.23 Å². The summed E-state index contributed by atoms with van der Waals surface area (Å²) in [6.45, 7) is 1.70. The van der Waals surface area contributed by atoms with Gasteiger partial charge in [-0.2, -0.15) is 26.3 Å². The average molecular weight is 383 g/mol. The second-order valence-electron chi connectivity index (χ2n) is 7.17. The zero-order chi connectivity index (χ0) is 19.5. The topological polar surface area (TPSA) is 23.5 Å². The van der Waals surface area contributed by atoms with Crippen molar-refractivity contribution in [3.8, 4) is 0 Å². The van der Waals surface area contributed by atoms with E-state index in [0.29, 0.717) is 5.92 Å². The normalized spacial score (nSPS) is 23.3. The van der Waals surface area contributed by atoms with Gasteiger partial charge in [0.15, 0.2) is 0 Å². The lowest BCUT2D eigenvalue weighted by Crippen LogP contribution is -2.47. The van der Waals surface area contributed by atoms with E-state index in [-0.39, 0.29) is 18.0 Å². The zero-order valence-electron chi connectivity index (χ0n) is 14.4. The molecular weight excluding hydrogens is 360 g/mol. The molecule has 2 rings (SSSR count). The molecule has 1 N–H and O–H groups in total. The summed E-state index contributed by atoms with van der Waals surface area (Å²) in [6, 6.07) is 4.21. The van der Waals surface area contributed by atoms with Gasteiger partial charge in [-0.25, -0.2) is 0 Å². The number of nitrogens with zero attached hydrogens (tertiary/aromatic N) is 1. The van der Waals surface area contributed by atoms with Crippen LogP contribution in [0.5, 0.6) is 0 Å². The van der Waals surface area contributed by atoms with E-state index in [2.05, 4.69) is 6.92 Å². The molecule has 8 heteroatoms. The molecule has 0 bridgehead atoms. The van der Waals surface area contributed by atoms with Crippen molar-refractivity contribution in [2.24, 2.45) is 11.8 Å². The molecule has 1 aliphatic rings. The standard InChI is InChI=1S/C18H23F6NO/c1-12-5-7-13(8-6-12)10-25(16(26)18(22,23)24)11-14-3-2-4-15(9-14)17(19,20)21/h2-4,9,12-13,16,26H,5-8,10-11H2,1H3. The fourth-order valence-corrected chi connectivity index (χ4v) is 3.38. The molecule has 1 aromatic carbocycles. The lowest BCUT2D eigenvalue weighted by atomic mass is 9.82. The van der Waals surface area contributed by atoms with Crippen LogP contribution in [0.15, 0.2) is 24.3 Å². The molecule has 1 fully saturated rings. The van der Waals surface area contributed by atoms with Gasteiger partial charge in [-0.3, -0.25) is 4.90 Å². The first-order valence-corrected chi connectivity index (χ1v) is 8.61. The summed E-state index contributed by atoms with van der Waals surface area (Å²) in [4.78, 5) is 0.830. The van der Waals surface area contributed by atoms with Gasteiger partial charge >= 0.3 is 12.4 Å². The Morgan fingerprint density at radius 2 is 1.69 bits per heavy atom. The highest BCUT2D eigenvalue weighted by Gasteiger charge is 2.43. The molecule has 0 saturated heterocycles. The summed E-state index contributed by atoms with van der Waals surface area (Å²) in [5, 5.41) is 9.70. The molecule has 1 aromatic rings. The third-order valence-corrected chi connectivity index (χ3v) is 4.91. The van der Waals surface area contributed by atoms with Crippen molar-refractivity contribution in [3.05, 3.63) is 35.4 Å². The minimum atomic E-state index is -4.86. The van der Waals surface area contributed by atoms with Crippen LogP contribution in [0.1, 0.15) is 43.7 Å². The molecule has 26 heavy (non-hydrogen) atoms. The van der Waals surface area contributed by atoms with Gasteiger partial charge < -0.3 is 5.11 Å². The van der Waals surface area contributed by atoms with Crippen molar-refractivity contribution in [1.82, 2.24) is 4.90 Å². The minimum Gasteiger partial charge on any atom is -0.370 e. The van der Waals surface area contributed by atoms with Crippen LogP contribution in [0.25, 0.3) is 0 Å². The molecule has 148 valence electrons. The van der Waals surface area contributed by atoms with E-state index >= 15 is 0 Å². The Morgan fingerprint density at radius 3 is 2.23 bits per heavy atom. The van der Waals surface area contributed by atoms with E-state index in [1.54, 1.807) is 0 Å². The summed E-state index contributed by atoms with van der Waals surface area (Å²) in [6.07, 6.45) is -8.80. The van der Waals surface area contributed by atoms with E-state index in [9.17, 15) is 31.4 Å². The van der Waals surface area contributed by atoms with Gasteiger partial charge in [0.1, 0.15) is 0 Å². The number of aliphatic hydroxyl groups is 1. The Labute approximate surface area is 148 Å². The first-order valence-electron chi connectivity index (χ1n) is 8.61. The number of rotatable bonds is 5. The molecule has 1 saturated carbocycles. The molecule has 0 aliphatic heterocycles. The molecule has 0 spiro atoms. The smallest absolute Gasteiger partial charge is 0.370 e. The average Bonchev–Trinajstić information content (AvgIpc) is 2.54. The van der Waals surface area contributed by atoms with Gasteiger partial charge in [-0.15, -0.1) is 0 Å². The Bertz CT molecular complexity index is 578. The van der Waals surface area contributed by atoms with Crippen molar-refractivity contribution in [1.29, 1.82) is 0 Å². The Balaban J connectivity index is 2.16. The SMILES string of the molecule is CC1CCC(CN(Cc2cccc(C(F)(F)F)c2)C(O)C(F)(F)F)CC1. The maximum atomic E-state index is 13.0. The Morgan fingerprint density at radius 1 is 1.08 bits per heavy atom. The number of hydrogen-bond acceptors (Lipinski definition) is 2. The van der Waals surface area contributed by atoms with E-state index in [0.717, 1.165) is 42.7 Å². The van der Waals surface area contributed by atoms with Crippen LogP contribution in [0.2, 0.25) is 0 Å². The molecule has 1 atom stereocenters. The van der Waals surface area contributed by atoms with Crippen LogP contribution < -0.4 is 0 Å². The van der Waals surface area contributed by atoms with Gasteiger partial charge in [0.25, 0.3) is 0 Å². The number of halogens is 6. The summed E-state index contributed by atoms with van der Waals surface area (Å²) in [5.41, 5.74) is -0.824. The fourth-order valence-electron chi connectivity index (χ4n) is 3.38. The number of benzene rings is 1. The molecule has 2 nitrogen and oxygen atoms in total. The van der Waals surface area contributed by atoms with Gasteiger partial charge in [0, 0.05) is 13.1 Å². The van der Waals surface area contributed by atoms with Gasteiger partial charge in [-0.05, 0) is 36.3 Å². The van der Waals surface area contributed by atoms with Crippen LogP contribution in [0.4, 0.5) is 26.3 Å².